The van der Waals surface area contributed by atoms with E-state index in [0.717, 1.165) is 19.1 Å². The van der Waals surface area contributed by atoms with Crippen LogP contribution in [-0.4, -0.2) is 51.9 Å². The number of hydrogen-bond acceptors (Lipinski definition) is 7. The van der Waals surface area contributed by atoms with E-state index in [1.165, 1.54) is 16.7 Å². The van der Waals surface area contributed by atoms with Crippen LogP contribution in [0.15, 0.2) is 18.2 Å². The van der Waals surface area contributed by atoms with Crippen LogP contribution in [0.3, 0.4) is 0 Å². The minimum atomic E-state index is -4.96. The molecule has 1 aromatic rings. The number of benzene rings is 1. The van der Waals surface area contributed by atoms with Crippen LogP contribution in [0.2, 0.25) is 0 Å². The second kappa shape index (κ2) is 8.46. The Kier molecular flexibility index (Phi) is 6.48. The van der Waals surface area contributed by atoms with Crippen molar-refractivity contribution >= 4 is 40.9 Å². The zero-order valence-corrected chi connectivity index (χ0v) is 15.1. The quantitative estimate of drug-likeness (QED) is 0.424. The molecule has 0 spiro atoms. The van der Waals surface area contributed by atoms with Crippen molar-refractivity contribution in [2.75, 3.05) is 23.5 Å². The molecule has 0 radical (unpaired) electrons. The van der Waals surface area contributed by atoms with Gasteiger partial charge in [-0.1, -0.05) is 0 Å². The van der Waals surface area contributed by atoms with E-state index in [4.69, 9.17) is 4.74 Å². The average Bonchev–Trinajstić information content (AvgIpc) is 2.98. The fraction of sp³-hybridized carbons (Fsp3) is 0.400. The van der Waals surface area contributed by atoms with E-state index < -0.39 is 46.0 Å². The van der Waals surface area contributed by atoms with Crippen LogP contribution < -0.4 is 5.32 Å². The van der Waals surface area contributed by atoms with E-state index in [2.05, 4.69) is 0 Å². The van der Waals surface area contributed by atoms with Crippen molar-refractivity contribution in [3.8, 4) is 0 Å². The third kappa shape index (κ3) is 5.34. The van der Waals surface area contributed by atoms with Crippen LogP contribution in [0.4, 0.5) is 24.5 Å². The number of thioether (sulfide) groups is 1. The van der Waals surface area contributed by atoms with Gasteiger partial charge in [0.05, 0.1) is 27.8 Å². The number of non-ortho nitro benzene ring substituents is 1. The van der Waals surface area contributed by atoms with Crippen LogP contribution in [0.5, 0.6) is 0 Å². The Labute approximate surface area is 160 Å². The van der Waals surface area contributed by atoms with Gasteiger partial charge in [-0.15, -0.1) is 11.8 Å². The first-order valence-electron chi connectivity index (χ1n) is 7.70. The molecule has 0 saturated carbocycles. The van der Waals surface area contributed by atoms with Crippen molar-refractivity contribution in [1.29, 1.82) is 0 Å². The van der Waals surface area contributed by atoms with E-state index in [-0.39, 0.29) is 18.2 Å². The van der Waals surface area contributed by atoms with Crippen molar-refractivity contribution in [3.63, 3.8) is 0 Å². The molecule has 0 aromatic heterocycles. The van der Waals surface area contributed by atoms with Gasteiger partial charge in [-0.25, -0.2) is 0 Å². The molecular formula is C15H14F3N3O6S. The van der Waals surface area contributed by atoms with Gasteiger partial charge in [-0.3, -0.25) is 24.5 Å². The number of alkyl halides is 3. The lowest BCUT2D eigenvalue weighted by Gasteiger charge is -2.18. The fourth-order valence-electron chi connectivity index (χ4n) is 2.21. The van der Waals surface area contributed by atoms with Crippen molar-refractivity contribution in [2.24, 2.45) is 0 Å². The second-order valence-corrected chi connectivity index (χ2v) is 6.63. The molecule has 1 unspecified atom stereocenters. The van der Waals surface area contributed by atoms with Crippen LogP contribution >= 0.6 is 11.8 Å². The molecule has 1 heterocycles. The van der Waals surface area contributed by atoms with Gasteiger partial charge in [0.1, 0.15) is 6.54 Å². The molecular weight excluding hydrogens is 407 g/mol. The van der Waals surface area contributed by atoms with Gasteiger partial charge in [0.15, 0.2) is 6.10 Å². The number of amides is 2. The van der Waals surface area contributed by atoms with E-state index in [1.54, 1.807) is 0 Å². The first kappa shape index (κ1) is 21.5. The number of ether oxygens (including phenoxy) is 1. The van der Waals surface area contributed by atoms with Gasteiger partial charge in [-0.05, 0) is 13.0 Å². The third-order valence-corrected chi connectivity index (χ3v) is 4.55. The molecule has 1 atom stereocenters. The first-order chi connectivity index (χ1) is 13.0. The SMILES string of the molecule is CC(OC(=O)CN1CSCC1=O)C(=O)Nc1ccc([N+](=O)[O-])cc1C(F)(F)F. The van der Waals surface area contributed by atoms with Gasteiger partial charge < -0.3 is 15.0 Å². The summed E-state index contributed by atoms with van der Waals surface area (Å²) in [5, 5.41) is 12.6. The normalized spacial score (nSPS) is 15.3. The van der Waals surface area contributed by atoms with Gasteiger partial charge in [0.25, 0.3) is 11.6 Å². The number of carbonyl (C=O) groups is 3. The maximum Gasteiger partial charge on any atom is 0.418 e. The predicted molar refractivity (Wildman–Crippen MR) is 91.3 cm³/mol. The molecule has 0 bridgehead atoms. The molecule has 1 saturated heterocycles. The Morgan fingerprint density at radius 2 is 2.11 bits per heavy atom. The number of rotatable bonds is 6. The number of nitrogens with one attached hydrogen (secondary N) is 1. The number of esters is 1. The minimum Gasteiger partial charge on any atom is -0.451 e. The predicted octanol–water partition coefficient (Wildman–Crippen LogP) is 2.02. The molecule has 1 fully saturated rings. The summed E-state index contributed by atoms with van der Waals surface area (Å²) < 4.78 is 44.2. The highest BCUT2D eigenvalue weighted by Crippen LogP contribution is 2.37. The van der Waals surface area contributed by atoms with Crippen molar-refractivity contribution in [2.45, 2.75) is 19.2 Å². The van der Waals surface area contributed by atoms with E-state index in [9.17, 15) is 37.7 Å². The molecule has 2 amide bonds. The number of anilines is 1. The van der Waals surface area contributed by atoms with Crippen molar-refractivity contribution < 1.29 is 37.2 Å². The summed E-state index contributed by atoms with van der Waals surface area (Å²) in [6.45, 7) is 0.765. The molecule has 1 aliphatic rings. The Bertz CT molecular complexity index is 817. The number of nitro benzene ring substituents is 1. The lowest BCUT2D eigenvalue weighted by Crippen LogP contribution is -2.37. The number of nitrogens with zero attached hydrogens (tertiary/aromatic N) is 2. The molecule has 13 heteroatoms. The molecule has 152 valence electrons. The number of nitro groups is 1. The number of carbonyl (C=O) groups excluding carboxylic acids is 3. The van der Waals surface area contributed by atoms with Gasteiger partial charge in [-0.2, -0.15) is 13.2 Å². The second-order valence-electron chi connectivity index (χ2n) is 5.68. The lowest BCUT2D eigenvalue weighted by atomic mass is 10.1. The Balaban J connectivity index is 2.05. The lowest BCUT2D eigenvalue weighted by molar-refractivity contribution is -0.385. The molecule has 0 aliphatic carbocycles. The van der Waals surface area contributed by atoms with Gasteiger partial charge in [0.2, 0.25) is 5.91 Å². The summed E-state index contributed by atoms with van der Waals surface area (Å²) in [5.74, 6) is -1.69. The zero-order valence-electron chi connectivity index (χ0n) is 14.3. The first-order valence-corrected chi connectivity index (χ1v) is 8.86. The maximum absolute atomic E-state index is 13.1. The Morgan fingerprint density at radius 1 is 1.43 bits per heavy atom. The molecule has 2 rings (SSSR count). The topological polar surface area (TPSA) is 119 Å². The molecule has 1 aliphatic heterocycles. The summed E-state index contributed by atoms with van der Waals surface area (Å²) in [6, 6.07) is 1.84. The van der Waals surface area contributed by atoms with Gasteiger partial charge in [0, 0.05) is 12.1 Å². The highest BCUT2D eigenvalue weighted by molar-refractivity contribution is 8.00. The molecule has 9 nitrogen and oxygen atoms in total. The highest BCUT2D eigenvalue weighted by atomic mass is 32.2. The largest absolute Gasteiger partial charge is 0.451 e. The Morgan fingerprint density at radius 3 is 2.64 bits per heavy atom. The third-order valence-electron chi connectivity index (χ3n) is 3.60. The fourth-order valence-corrected chi connectivity index (χ4v) is 3.11. The highest BCUT2D eigenvalue weighted by Gasteiger charge is 2.36. The van der Waals surface area contributed by atoms with Crippen LogP contribution in [0, 0.1) is 10.1 Å². The zero-order chi connectivity index (χ0) is 21.1. The standard InChI is InChI=1S/C15H14F3N3O6S/c1-8(27-13(23)5-20-7-28-6-12(20)22)14(24)19-11-3-2-9(21(25)26)4-10(11)15(16,17)18/h2-4,8H,5-7H2,1H3,(H,19,24). The van der Waals surface area contributed by atoms with Crippen LogP contribution in [-0.2, 0) is 25.3 Å². The summed E-state index contributed by atoms with van der Waals surface area (Å²) >= 11 is 1.30. The van der Waals surface area contributed by atoms with Crippen LogP contribution in [0.1, 0.15) is 12.5 Å². The van der Waals surface area contributed by atoms with E-state index in [0.29, 0.717) is 11.9 Å². The van der Waals surface area contributed by atoms with Crippen LogP contribution in [0.25, 0.3) is 0 Å². The average molecular weight is 421 g/mol. The smallest absolute Gasteiger partial charge is 0.418 e. The molecule has 1 aromatic carbocycles. The minimum absolute atomic E-state index is 0.226. The summed E-state index contributed by atoms with van der Waals surface area (Å²) in [6.07, 6.45) is -6.41. The maximum atomic E-state index is 13.1. The van der Waals surface area contributed by atoms with E-state index in [1.807, 2.05) is 5.32 Å². The summed E-state index contributed by atoms with van der Waals surface area (Å²) in [7, 11) is 0. The number of hydrogen-bond donors (Lipinski definition) is 1. The van der Waals surface area contributed by atoms with Gasteiger partial charge >= 0.3 is 12.1 Å². The molecule has 1 N–H and O–H groups in total. The van der Waals surface area contributed by atoms with Crippen molar-refractivity contribution in [3.05, 3.63) is 33.9 Å². The Hall–Kier alpha value is -2.83. The van der Waals surface area contributed by atoms with Crippen molar-refractivity contribution in [1.82, 2.24) is 4.90 Å². The molecule has 28 heavy (non-hydrogen) atoms. The van der Waals surface area contributed by atoms with E-state index >= 15 is 0 Å². The number of halogens is 3. The monoisotopic (exact) mass is 421 g/mol. The summed E-state index contributed by atoms with van der Waals surface area (Å²) in [5.41, 5.74) is -2.91. The summed E-state index contributed by atoms with van der Waals surface area (Å²) in [4.78, 5) is 46.2.